The maximum Gasteiger partial charge on any atom is 0.317 e. The zero-order valence-corrected chi connectivity index (χ0v) is 13.1. The fourth-order valence-electron chi connectivity index (χ4n) is 1.65. The van der Waals surface area contributed by atoms with Gasteiger partial charge in [0.25, 0.3) is 0 Å². The summed E-state index contributed by atoms with van der Waals surface area (Å²) in [5.74, 6) is -0.114. The van der Waals surface area contributed by atoms with Crippen LogP contribution < -0.4 is 4.74 Å². The van der Waals surface area contributed by atoms with Crippen LogP contribution in [0.15, 0.2) is 22.7 Å². The van der Waals surface area contributed by atoms with E-state index in [-0.39, 0.29) is 6.54 Å². The number of nitrogens with zero attached hydrogens (tertiary/aromatic N) is 1. The summed E-state index contributed by atoms with van der Waals surface area (Å²) < 4.78 is 6.40. The number of benzene rings is 1. The molecule has 0 fully saturated rings. The first-order chi connectivity index (χ1) is 9.02. The van der Waals surface area contributed by atoms with Crippen LogP contribution in [0.4, 0.5) is 0 Å². The van der Waals surface area contributed by atoms with Crippen molar-refractivity contribution in [1.82, 2.24) is 4.90 Å². The highest BCUT2D eigenvalue weighted by Gasteiger charge is 2.09. The fourth-order valence-corrected chi connectivity index (χ4v) is 2.45. The van der Waals surface area contributed by atoms with E-state index in [1.165, 1.54) is 0 Å². The molecule has 0 aromatic heterocycles. The van der Waals surface area contributed by atoms with Gasteiger partial charge >= 0.3 is 5.97 Å². The minimum atomic E-state index is -0.818. The Morgan fingerprint density at radius 1 is 1.47 bits per heavy atom. The van der Waals surface area contributed by atoms with E-state index >= 15 is 0 Å². The van der Waals surface area contributed by atoms with Gasteiger partial charge in [0, 0.05) is 11.6 Å². The average Bonchev–Trinajstić information content (AvgIpc) is 2.31. The molecule has 0 unspecified atom stereocenters. The average molecular weight is 351 g/mol. The summed E-state index contributed by atoms with van der Waals surface area (Å²) in [6.45, 7) is 3.82. The summed E-state index contributed by atoms with van der Waals surface area (Å²) in [5, 5.41) is 9.43. The molecular formula is C13H17BrClNO3. The molecule has 1 aromatic rings. The summed E-state index contributed by atoms with van der Waals surface area (Å²) in [7, 11) is 0. The zero-order chi connectivity index (χ0) is 14.3. The highest BCUT2D eigenvalue weighted by Crippen LogP contribution is 2.27. The van der Waals surface area contributed by atoms with Gasteiger partial charge < -0.3 is 9.84 Å². The number of carboxylic acids is 1. The fraction of sp³-hybridized carbons (Fsp3) is 0.462. The maximum absolute atomic E-state index is 10.7. The summed E-state index contributed by atoms with van der Waals surface area (Å²) in [4.78, 5) is 12.6. The Kier molecular flexibility index (Phi) is 7.20. The second kappa shape index (κ2) is 8.40. The van der Waals surface area contributed by atoms with Gasteiger partial charge in [0.2, 0.25) is 0 Å². The van der Waals surface area contributed by atoms with Gasteiger partial charge in [-0.15, -0.1) is 0 Å². The van der Waals surface area contributed by atoms with Crippen molar-refractivity contribution < 1.29 is 14.6 Å². The first kappa shape index (κ1) is 16.3. The van der Waals surface area contributed by atoms with Gasteiger partial charge in [-0.3, -0.25) is 9.69 Å². The molecule has 0 aliphatic heterocycles. The van der Waals surface area contributed by atoms with Crippen molar-refractivity contribution in [3.8, 4) is 5.75 Å². The smallest absolute Gasteiger partial charge is 0.317 e. The molecule has 0 spiro atoms. The van der Waals surface area contributed by atoms with Crippen molar-refractivity contribution in [1.29, 1.82) is 0 Å². The lowest BCUT2D eigenvalue weighted by Gasteiger charge is -2.19. The Morgan fingerprint density at radius 2 is 2.21 bits per heavy atom. The van der Waals surface area contributed by atoms with Crippen molar-refractivity contribution in [3.05, 3.63) is 27.7 Å². The van der Waals surface area contributed by atoms with Crippen molar-refractivity contribution in [2.75, 3.05) is 26.2 Å². The van der Waals surface area contributed by atoms with Crippen LogP contribution in [-0.2, 0) is 4.79 Å². The lowest BCUT2D eigenvalue weighted by molar-refractivity contribution is -0.138. The summed E-state index contributed by atoms with van der Waals surface area (Å²) in [6, 6.07) is 5.30. The van der Waals surface area contributed by atoms with Gasteiger partial charge in [-0.1, -0.05) is 18.5 Å². The first-order valence-electron chi connectivity index (χ1n) is 6.05. The molecule has 0 saturated carbocycles. The lowest BCUT2D eigenvalue weighted by Crippen LogP contribution is -2.34. The molecule has 19 heavy (non-hydrogen) atoms. The predicted molar refractivity (Wildman–Crippen MR) is 79.0 cm³/mol. The first-order valence-corrected chi connectivity index (χ1v) is 7.22. The van der Waals surface area contributed by atoms with Gasteiger partial charge in [0.15, 0.2) is 0 Å². The molecule has 4 nitrogen and oxygen atoms in total. The Labute approximate surface area is 126 Å². The van der Waals surface area contributed by atoms with Crippen LogP contribution in [0.5, 0.6) is 5.75 Å². The minimum absolute atomic E-state index is 0.0407. The lowest BCUT2D eigenvalue weighted by atomic mass is 10.3. The number of rotatable bonds is 8. The van der Waals surface area contributed by atoms with Crippen molar-refractivity contribution in [3.63, 3.8) is 0 Å². The SMILES string of the molecule is CCCN(CCOc1ccc(Cl)cc1Br)CC(=O)O. The Morgan fingerprint density at radius 3 is 2.79 bits per heavy atom. The second-order valence-electron chi connectivity index (χ2n) is 4.09. The van der Waals surface area contributed by atoms with Crippen molar-refractivity contribution >= 4 is 33.5 Å². The molecule has 106 valence electrons. The molecule has 0 heterocycles. The number of aliphatic carboxylic acids is 1. The molecule has 0 amide bonds. The van der Waals surface area contributed by atoms with Crippen LogP contribution in [-0.4, -0.2) is 42.2 Å². The molecule has 6 heteroatoms. The number of carbonyl (C=O) groups is 1. The van der Waals surface area contributed by atoms with E-state index in [0.29, 0.717) is 23.9 Å². The molecule has 0 aliphatic carbocycles. The quantitative estimate of drug-likeness (QED) is 0.782. The highest BCUT2D eigenvalue weighted by molar-refractivity contribution is 9.10. The van der Waals surface area contributed by atoms with Crippen LogP contribution in [0, 0.1) is 0 Å². The summed E-state index contributed by atoms with van der Waals surface area (Å²) in [5.41, 5.74) is 0. The molecule has 0 atom stereocenters. The van der Waals surface area contributed by atoms with Crippen LogP contribution >= 0.6 is 27.5 Å². The second-order valence-corrected chi connectivity index (χ2v) is 5.38. The third-order valence-corrected chi connectivity index (χ3v) is 3.31. The molecule has 0 radical (unpaired) electrons. The molecule has 0 saturated heterocycles. The highest BCUT2D eigenvalue weighted by atomic mass is 79.9. The minimum Gasteiger partial charge on any atom is -0.491 e. The number of ether oxygens (including phenoxy) is 1. The van der Waals surface area contributed by atoms with E-state index in [9.17, 15) is 4.79 Å². The van der Waals surface area contributed by atoms with Gasteiger partial charge in [0.05, 0.1) is 11.0 Å². The van der Waals surface area contributed by atoms with E-state index in [1.54, 1.807) is 18.2 Å². The summed E-state index contributed by atoms with van der Waals surface area (Å²) in [6.07, 6.45) is 0.915. The van der Waals surface area contributed by atoms with E-state index in [1.807, 2.05) is 11.8 Å². The molecule has 1 rings (SSSR count). The molecular weight excluding hydrogens is 334 g/mol. The molecule has 0 aliphatic rings. The number of carboxylic acid groups (broad SMARTS) is 1. The van der Waals surface area contributed by atoms with Crippen LogP contribution in [0.1, 0.15) is 13.3 Å². The van der Waals surface area contributed by atoms with Gasteiger partial charge in [-0.2, -0.15) is 0 Å². The third-order valence-electron chi connectivity index (χ3n) is 2.46. The number of hydrogen-bond donors (Lipinski definition) is 1. The van der Waals surface area contributed by atoms with Crippen molar-refractivity contribution in [2.45, 2.75) is 13.3 Å². The predicted octanol–water partition coefficient (Wildman–Crippen LogP) is 3.28. The van der Waals surface area contributed by atoms with E-state index < -0.39 is 5.97 Å². The van der Waals surface area contributed by atoms with Crippen LogP contribution in [0.2, 0.25) is 5.02 Å². The normalized spacial score (nSPS) is 10.7. The third kappa shape index (κ3) is 6.27. The van der Waals surface area contributed by atoms with Gasteiger partial charge in [0.1, 0.15) is 12.4 Å². The summed E-state index contributed by atoms with van der Waals surface area (Å²) >= 11 is 9.21. The topological polar surface area (TPSA) is 49.8 Å². The van der Waals surface area contributed by atoms with E-state index in [0.717, 1.165) is 17.4 Å². The standard InChI is InChI=1S/C13H17BrClNO3/c1-2-5-16(9-13(17)18)6-7-19-12-4-3-10(15)8-11(12)14/h3-4,8H,2,5-7,9H2,1H3,(H,17,18). The largest absolute Gasteiger partial charge is 0.491 e. The number of hydrogen-bond acceptors (Lipinski definition) is 3. The van der Waals surface area contributed by atoms with Crippen molar-refractivity contribution in [2.24, 2.45) is 0 Å². The molecule has 0 bridgehead atoms. The Balaban J connectivity index is 2.44. The van der Waals surface area contributed by atoms with Crippen LogP contribution in [0.25, 0.3) is 0 Å². The van der Waals surface area contributed by atoms with Gasteiger partial charge in [-0.25, -0.2) is 0 Å². The Bertz CT molecular complexity index is 428. The molecule has 1 aromatic carbocycles. The van der Waals surface area contributed by atoms with E-state index in [2.05, 4.69) is 15.9 Å². The zero-order valence-electron chi connectivity index (χ0n) is 10.7. The van der Waals surface area contributed by atoms with Gasteiger partial charge in [-0.05, 0) is 47.1 Å². The maximum atomic E-state index is 10.7. The monoisotopic (exact) mass is 349 g/mol. The number of halogens is 2. The van der Waals surface area contributed by atoms with E-state index in [4.69, 9.17) is 21.4 Å². The van der Waals surface area contributed by atoms with Crippen LogP contribution in [0.3, 0.4) is 0 Å². The Hall–Kier alpha value is -0.780. The molecule has 1 N–H and O–H groups in total.